The maximum Gasteiger partial charge on any atom is 0.273 e. The van der Waals surface area contributed by atoms with Crippen LogP contribution in [0.4, 0.5) is 5.69 Å². The van der Waals surface area contributed by atoms with Crippen LogP contribution < -0.4 is 0 Å². The summed E-state index contributed by atoms with van der Waals surface area (Å²) in [6, 6.07) is 11.1. The van der Waals surface area contributed by atoms with Crippen molar-refractivity contribution in [1.29, 1.82) is 0 Å². The van der Waals surface area contributed by atoms with Crippen molar-refractivity contribution < 1.29 is 19.0 Å². The highest BCUT2D eigenvalue weighted by atomic mass is 35.5. The van der Waals surface area contributed by atoms with Gasteiger partial charge in [0.05, 0.1) is 4.92 Å². The molecule has 1 aliphatic heterocycles. The van der Waals surface area contributed by atoms with Crippen LogP contribution in [-0.4, -0.2) is 56.3 Å². The Labute approximate surface area is 225 Å². The van der Waals surface area contributed by atoms with Crippen LogP contribution in [0, 0.1) is 17.0 Å². The molecular formula is C27H30ClN5O5. The maximum atomic E-state index is 13.6. The number of unbranched alkanes of at least 4 members (excludes halogenated alkanes) is 1. The summed E-state index contributed by atoms with van der Waals surface area (Å²) in [4.78, 5) is 45.5. The minimum absolute atomic E-state index is 0.124. The highest BCUT2D eigenvalue weighted by molar-refractivity contribution is 6.30. The Hall–Kier alpha value is -3.79. The van der Waals surface area contributed by atoms with Crippen LogP contribution in [-0.2, 0) is 4.79 Å². The summed E-state index contributed by atoms with van der Waals surface area (Å²) in [6.45, 7) is 4.34. The van der Waals surface area contributed by atoms with Gasteiger partial charge in [0.25, 0.3) is 11.6 Å². The fourth-order valence-corrected chi connectivity index (χ4v) is 4.77. The standard InChI is InChI=1S/C27H30ClN5O5/c1-3-4-13-31(27(35)20-12-11-18(2)23(16-20)33(36)37)17-24(34)32-14-6-5-10-22(32)26-29-25(30-38-26)19-8-7-9-21(28)15-19/h7-9,11-12,15-16,22H,3-6,10,13-14,17H2,1-2H3. The summed E-state index contributed by atoms with van der Waals surface area (Å²) < 4.78 is 5.57. The maximum absolute atomic E-state index is 13.6. The van der Waals surface area contributed by atoms with E-state index in [4.69, 9.17) is 16.1 Å². The topological polar surface area (TPSA) is 123 Å². The van der Waals surface area contributed by atoms with Crippen molar-refractivity contribution in [1.82, 2.24) is 19.9 Å². The molecule has 38 heavy (non-hydrogen) atoms. The molecule has 1 aliphatic rings. The molecule has 1 saturated heterocycles. The summed E-state index contributed by atoms with van der Waals surface area (Å²) >= 11 is 6.10. The van der Waals surface area contributed by atoms with E-state index in [1.807, 2.05) is 13.0 Å². The predicted molar refractivity (Wildman–Crippen MR) is 142 cm³/mol. The molecule has 0 spiro atoms. The van der Waals surface area contributed by atoms with Gasteiger partial charge in [-0.2, -0.15) is 4.98 Å². The number of amides is 2. The molecule has 4 rings (SSSR count). The molecule has 200 valence electrons. The van der Waals surface area contributed by atoms with Gasteiger partial charge in [0.2, 0.25) is 17.6 Å². The summed E-state index contributed by atoms with van der Waals surface area (Å²) in [5.74, 6) is 0.0857. The fourth-order valence-electron chi connectivity index (χ4n) is 4.58. The summed E-state index contributed by atoms with van der Waals surface area (Å²) in [5.41, 5.74) is 1.24. The van der Waals surface area contributed by atoms with E-state index in [0.717, 1.165) is 19.3 Å². The first-order chi connectivity index (χ1) is 18.3. The van der Waals surface area contributed by atoms with E-state index in [1.54, 1.807) is 42.2 Å². The molecule has 0 saturated carbocycles. The molecule has 0 bridgehead atoms. The second-order valence-electron chi connectivity index (χ2n) is 9.40. The Morgan fingerprint density at radius 3 is 2.79 bits per heavy atom. The zero-order chi connectivity index (χ0) is 27.2. The molecule has 1 fully saturated rings. The number of nitrogens with zero attached hydrogens (tertiary/aromatic N) is 5. The van der Waals surface area contributed by atoms with Gasteiger partial charge in [-0.15, -0.1) is 0 Å². The molecule has 10 nitrogen and oxygen atoms in total. The second-order valence-corrected chi connectivity index (χ2v) is 9.84. The number of likely N-dealkylation sites (tertiary alicyclic amines) is 1. The lowest BCUT2D eigenvalue weighted by atomic mass is 10.0. The van der Waals surface area contributed by atoms with E-state index >= 15 is 0 Å². The first kappa shape index (κ1) is 27.3. The molecular weight excluding hydrogens is 510 g/mol. The minimum atomic E-state index is -0.506. The van der Waals surface area contributed by atoms with Crippen molar-refractivity contribution in [3.8, 4) is 11.4 Å². The Kier molecular flexibility index (Phi) is 8.73. The number of aryl methyl sites for hydroxylation is 1. The van der Waals surface area contributed by atoms with E-state index in [-0.39, 0.29) is 23.7 Å². The van der Waals surface area contributed by atoms with Crippen molar-refractivity contribution in [2.24, 2.45) is 0 Å². The lowest BCUT2D eigenvalue weighted by Gasteiger charge is -2.35. The van der Waals surface area contributed by atoms with Crippen LogP contribution in [0.5, 0.6) is 0 Å². The van der Waals surface area contributed by atoms with Gasteiger partial charge in [-0.05, 0) is 50.8 Å². The van der Waals surface area contributed by atoms with Gasteiger partial charge in [-0.25, -0.2) is 0 Å². The first-order valence-electron chi connectivity index (χ1n) is 12.7. The summed E-state index contributed by atoms with van der Waals surface area (Å²) in [6.07, 6.45) is 3.91. The number of nitro benzene ring substituents is 1. The number of halogens is 1. The van der Waals surface area contributed by atoms with E-state index < -0.39 is 16.9 Å². The van der Waals surface area contributed by atoms with Gasteiger partial charge in [-0.1, -0.05) is 48.3 Å². The molecule has 2 amide bonds. The number of nitro groups is 1. The summed E-state index contributed by atoms with van der Waals surface area (Å²) in [7, 11) is 0. The first-order valence-corrected chi connectivity index (χ1v) is 13.1. The van der Waals surface area contributed by atoms with Crippen LogP contribution in [0.25, 0.3) is 11.4 Å². The minimum Gasteiger partial charge on any atom is -0.337 e. The number of benzene rings is 2. The number of hydrogen-bond acceptors (Lipinski definition) is 7. The smallest absolute Gasteiger partial charge is 0.273 e. The van der Waals surface area contributed by atoms with Gasteiger partial charge in [-0.3, -0.25) is 19.7 Å². The van der Waals surface area contributed by atoms with Gasteiger partial charge in [0.15, 0.2) is 0 Å². The van der Waals surface area contributed by atoms with E-state index in [1.165, 1.54) is 11.0 Å². The average Bonchev–Trinajstić information content (AvgIpc) is 3.41. The largest absolute Gasteiger partial charge is 0.337 e. The second kappa shape index (κ2) is 12.2. The summed E-state index contributed by atoms with van der Waals surface area (Å²) in [5, 5.41) is 16.0. The highest BCUT2D eigenvalue weighted by Gasteiger charge is 2.34. The fraction of sp³-hybridized carbons (Fsp3) is 0.407. The highest BCUT2D eigenvalue weighted by Crippen LogP contribution is 2.32. The third-order valence-electron chi connectivity index (χ3n) is 6.68. The molecule has 1 unspecified atom stereocenters. The normalized spacial score (nSPS) is 15.3. The number of aromatic nitrogens is 2. The predicted octanol–water partition coefficient (Wildman–Crippen LogP) is 5.60. The van der Waals surface area contributed by atoms with E-state index in [9.17, 15) is 19.7 Å². The van der Waals surface area contributed by atoms with Gasteiger partial charge in [0, 0.05) is 40.9 Å². The molecule has 0 aliphatic carbocycles. The average molecular weight is 540 g/mol. The van der Waals surface area contributed by atoms with Crippen molar-refractivity contribution in [3.05, 3.63) is 74.6 Å². The van der Waals surface area contributed by atoms with Crippen LogP contribution in [0.3, 0.4) is 0 Å². The Morgan fingerprint density at radius 1 is 1.24 bits per heavy atom. The van der Waals surface area contributed by atoms with Gasteiger partial charge < -0.3 is 14.3 Å². The molecule has 2 heterocycles. The van der Waals surface area contributed by atoms with Gasteiger partial charge >= 0.3 is 0 Å². The molecule has 3 aromatic rings. The molecule has 1 atom stereocenters. The molecule has 0 N–H and O–H groups in total. The van der Waals surface area contributed by atoms with Gasteiger partial charge in [0.1, 0.15) is 12.6 Å². The number of hydrogen-bond donors (Lipinski definition) is 0. The molecule has 11 heteroatoms. The SMILES string of the molecule is CCCCN(CC(=O)N1CCCCC1c1nc(-c2cccc(Cl)c2)no1)C(=O)c1ccc(C)c([N+](=O)[O-])c1. The Bertz CT molecular complexity index is 1330. The van der Waals surface area contributed by atoms with Crippen LogP contribution in [0.2, 0.25) is 5.02 Å². The Morgan fingerprint density at radius 2 is 2.05 bits per heavy atom. The lowest BCUT2D eigenvalue weighted by Crippen LogP contribution is -2.46. The van der Waals surface area contributed by atoms with Crippen molar-refractivity contribution in [2.75, 3.05) is 19.6 Å². The lowest BCUT2D eigenvalue weighted by molar-refractivity contribution is -0.385. The number of carbonyl (C=O) groups is 2. The zero-order valence-electron chi connectivity index (χ0n) is 21.4. The van der Waals surface area contributed by atoms with Crippen molar-refractivity contribution in [3.63, 3.8) is 0 Å². The van der Waals surface area contributed by atoms with E-state index in [2.05, 4.69) is 10.1 Å². The number of piperidine rings is 1. The number of carbonyl (C=O) groups excluding carboxylic acids is 2. The number of rotatable bonds is 9. The Balaban J connectivity index is 1.54. The van der Waals surface area contributed by atoms with Crippen molar-refractivity contribution >= 4 is 29.1 Å². The quantitative estimate of drug-likeness (QED) is 0.256. The van der Waals surface area contributed by atoms with Crippen LogP contribution in [0.1, 0.15) is 66.9 Å². The van der Waals surface area contributed by atoms with E-state index in [0.29, 0.717) is 53.8 Å². The molecule has 1 aromatic heterocycles. The van der Waals surface area contributed by atoms with Crippen molar-refractivity contribution in [2.45, 2.75) is 52.0 Å². The third-order valence-corrected chi connectivity index (χ3v) is 6.92. The molecule has 2 aromatic carbocycles. The third kappa shape index (κ3) is 6.19. The monoisotopic (exact) mass is 539 g/mol. The van der Waals surface area contributed by atoms with Crippen LogP contribution in [0.15, 0.2) is 47.0 Å². The zero-order valence-corrected chi connectivity index (χ0v) is 22.2. The van der Waals surface area contributed by atoms with Crippen LogP contribution >= 0.6 is 11.6 Å². The molecule has 0 radical (unpaired) electrons.